The number of carbonyl (C=O) groups excluding carboxylic acids is 2. The van der Waals surface area contributed by atoms with E-state index in [9.17, 15) is 14.4 Å². The number of aromatic carboxylic acids is 1. The van der Waals surface area contributed by atoms with Gasteiger partial charge in [0.05, 0.1) is 5.56 Å². The van der Waals surface area contributed by atoms with E-state index in [-0.39, 0.29) is 17.4 Å². The predicted molar refractivity (Wildman–Crippen MR) is 87.0 cm³/mol. The summed E-state index contributed by atoms with van der Waals surface area (Å²) in [5.41, 5.74) is 1.14. The van der Waals surface area contributed by atoms with Crippen LogP contribution in [-0.2, 0) is 16.1 Å². The maximum Gasteiger partial charge on any atom is 0.335 e. The Morgan fingerprint density at radius 3 is 2.30 bits per heavy atom. The molecule has 0 aliphatic rings. The van der Waals surface area contributed by atoms with Gasteiger partial charge in [0.2, 0.25) is 11.8 Å². The van der Waals surface area contributed by atoms with Gasteiger partial charge < -0.3 is 15.3 Å². The van der Waals surface area contributed by atoms with E-state index < -0.39 is 5.97 Å². The fourth-order valence-electron chi connectivity index (χ4n) is 2.15. The molecule has 0 saturated heterocycles. The largest absolute Gasteiger partial charge is 0.478 e. The molecule has 0 radical (unpaired) electrons. The maximum atomic E-state index is 12.0. The molecular weight excluding hydrogens is 296 g/mol. The molecule has 0 aliphatic carbocycles. The van der Waals surface area contributed by atoms with Crippen LogP contribution >= 0.6 is 0 Å². The number of hydrogen-bond acceptors (Lipinski definition) is 3. The van der Waals surface area contributed by atoms with E-state index >= 15 is 0 Å². The summed E-state index contributed by atoms with van der Waals surface area (Å²) in [4.78, 5) is 35.2. The zero-order chi connectivity index (χ0) is 17.2. The van der Waals surface area contributed by atoms with Crippen LogP contribution in [0.4, 0.5) is 0 Å². The average Bonchev–Trinajstić information content (AvgIpc) is 2.50. The lowest BCUT2D eigenvalue weighted by atomic mass is 10.1. The molecule has 0 heterocycles. The Bertz CT molecular complexity index is 540. The first-order valence-electron chi connectivity index (χ1n) is 7.71. The summed E-state index contributed by atoms with van der Waals surface area (Å²) < 4.78 is 0. The molecule has 1 aromatic carbocycles. The standard InChI is InChI=1S/C17H24N2O4/c1-13(20)18-11-5-3-4-6-16(21)19(2)12-14-7-9-15(10-8-14)17(22)23/h7-10H,3-6,11-12H2,1-2H3,(H,18,20)(H,22,23). The highest BCUT2D eigenvalue weighted by Crippen LogP contribution is 2.09. The van der Waals surface area contributed by atoms with E-state index in [2.05, 4.69) is 5.32 Å². The summed E-state index contributed by atoms with van der Waals surface area (Å²) in [5.74, 6) is -0.929. The zero-order valence-electron chi connectivity index (χ0n) is 13.7. The molecule has 23 heavy (non-hydrogen) atoms. The minimum Gasteiger partial charge on any atom is -0.478 e. The first-order chi connectivity index (χ1) is 10.9. The van der Waals surface area contributed by atoms with Crippen molar-refractivity contribution in [3.8, 4) is 0 Å². The van der Waals surface area contributed by atoms with Crippen LogP contribution in [0.1, 0.15) is 48.5 Å². The fraction of sp³-hybridized carbons (Fsp3) is 0.471. The smallest absolute Gasteiger partial charge is 0.335 e. The molecule has 0 aromatic heterocycles. The Morgan fingerprint density at radius 1 is 1.09 bits per heavy atom. The first-order valence-corrected chi connectivity index (χ1v) is 7.71. The van der Waals surface area contributed by atoms with E-state index in [1.54, 1.807) is 24.1 Å². The van der Waals surface area contributed by atoms with Gasteiger partial charge >= 0.3 is 5.97 Å². The number of nitrogens with one attached hydrogen (secondary N) is 1. The van der Waals surface area contributed by atoms with Crippen LogP contribution in [0.15, 0.2) is 24.3 Å². The second-order valence-corrected chi connectivity index (χ2v) is 5.55. The van der Waals surface area contributed by atoms with Crippen LogP contribution < -0.4 is 5.32 Å². The van der Waals surface area contributed by atoms with Crippen molar-refractivity contribution >= 4 is 17.8 Å². The third kappa shape index (κ3) is 7.44. The highest BCUT2D eigenvalue weighted by atomic mass is 16.4. The Morgan fingerprint density at radius 2 is 1.74 bits per heavy atom. The molecule has 2 N–H and O–H groups in total. The lowest BCUT2D eigenvalue weighted by molar-refractivity contribution is -0.130. The van der Waals surface area contributed by atoms with E-state index in [0.717, 1.165) is 24.8 Å². The number of benzene rings is 1. The summed E-state index contributed by atoms with van der Waals surface area (Å²) in [6.07, 6.45) is 3.03. The lowest BCUT2D eigenvalue weighted by Gasteiger charge is -2.17. The van der Waals surface area contributed by atoms with Gasteiger partial charge in [-0.1, -0.05) is 18.6 Å². The van der Waals surface area contributed by atoms with Crippen molar-refractivity contribution in [2.75, 3.05) is 13.6 Å². The van der Waals surface area contributed by atoms with E-state index in [1.807, 2.05) is 0 Å². The topological polar surface area (TPSA) is 86.7 Å². The third-order valence-electron chi connectivity index (χ3n) is 3.49. The highest BCUT2D eigenvalue weighted by Gasteiger charge is 2.09. The van der Waals surface area contributed by atoms with Crippen LogP contribution in [0.3, 0.4) is 0 Å². The molecule has 0 saturated carbocycles. The van der Waals surface area contributed by atoms with E-state index in [0.29, 0.717) is 19.5 Å². The van der Waals surface area contributed by atoms with Crippen LogP contribution in [0, 0.1) is 0 Å². The van der Waals surface area contributed by atoms with Crippen molar-refractivity contribution in [3.05, 3.63) is 35.4 Å². The predicted octanol–water partition coefficient (Wildman–Crippen LogP) is 2.04. The average molecular weight is 320 g/mol. The lowest BCUT2D eigenvalue weighted by Crippen LogP contribution is -2.26. The Hall–Kier alpha value is -2.37. The van der Waals surface area contributed by atoms with Gasteiger partial charge in [-0.2, -0.15) is 0 Å². The summed E-state index contributed by atoms with van der Waals surface area (Å²) in [7, 11) is 1.74. The molecule has 0 unspecified atom stereocenters. The summed E-state index contributed by atoms with van der Waals surface area (Å²) in [6.45, 7) is 2.60. The molecule has 126 valence electrons. The van der Waals surface area contributed by atoms with Crippen molar-refractivity contribution < 1.29 is 19.5 Å². The van der Waals surface area contributed by atoms with Crippen molar-refractivity contribution in [1.29, 1.82) is 0 Å². The molecule has 0 fully saturated rings. The molecule has 6 nitrogen and oxygen atoms in total. The van der Waals surface area contributed by atoms with Crippen LogP contribution in [-0.4, -0.2) is 41.4 Å². The fourth-order valence-corrected chi connectivity index (χ4v) is 2.15. The van der Waals surface area contributed by atoms with Gasteiger partial charge in [-0.3, -0.25) is 9.59 Å². The van der Waals surface area contributed by atoms with Crippen molar-refractivity contribution in [2.24, 2.45) is 0 Å². The van der Waals surface area contributed by atoms with Gasteiger partial charge in [0.25, 0.3) is 0 Å². The number of unbranched alkanes of at least 4 members (excludes halogenated alkanes) is 2. The van der Waals surface area contributed by atoms with Crippen LogP contribution in [0.2, 0.25) is 0 Å². The molecule has 0 atom stereocenters. The third-order valence-corrected chi connectivity index (χ3v) is 3.49. The second-order valence-electron chi connectivity index (χ2n) is 5.55. The molecule has 6 heteroatoms. The molecular formula is C17H24N2O4. The molecule has 2 amide bonds. The number of hydrogen-bond donors (Lipinski definition) is 2. The Labute approximate surface area is 136 Å². The van der Waals surface area contributed by atoms with Gasteiger partial charge in [-0.05, 0) is 30.5 Å². The maximum absolute atomic E-state index is 12.0. The molecule has 1 rings (SSSR count). The van der Waals surface area contributed by atoms with Crippen molar-refractivity contribution in [3.63, 3.8) is 0 Å². The molecule has 0 spiro atoms. The van der Waals surface area contributed by atoms with E-state index in [1.165, 1.54) is 19.1 Å². The van der Waals surface area contributed by atoms with Gasteiger partial charge in [0.15, 0.2) is 0 Å². The number of carboxylic acids is 1. The first kappa shape index (κ1) is 18.7. The minimum absolute atomic E-state index is 0.0327. The number of amides is 2. The van der Waals surface area contributed by atoms with Gasteiger partial charge in [0.1, 0.15) is 0 Å². The molecule has 0 aliphatic heterocycles. The molecule has 1 aromatic rings. The summed E-state index contributed by atoms with van der Waals surface area (Å²) in [5, 5.41) is 11.6. The molecule has 0 bridgehead atoms. The minimum atomic E-state index is -0.958. The SMILES string of the molecule is CC(=O)NCCCCCC(=O)N(C)Cc1ccc(C(=O)O)cc1. The highest BCUT2D eigenvalue weighted by molar-refractivity contribution is 5.87. The van der Waals surface area contributed by atoms with Crippen molar-refractivity contribution in [2.45, 2.75) is 39.2 Å². The number of carbonyl (C=O) groups is 3. The number of carboxylic acid groups (broad SMARTS) is 1. The van der Waals surface area contributed by atoms with Crippen molar-refractivity contribution in [1.82, 2.24) is 10.2 Å². The summed E-state index contributed by atoms with van der Waals surface area (Å²) >= 11 is 0. The Kier molecular flexibility index (Phi) is 7.80. The monoisotopic (exact) mass is 320 g/mol. The second kappa shape index (κ2) is 9.61. The van der Waals surface area contributed by atoms with Gasteiger partial charge in [0, 0.05) is 33.5 Å². The number of nitrogens with zero attached hydrogens (tertiary/aromatic N) is 1. The van der Waals surface area contributed by atoms with Crippen LogP contribution in [0.5, 0.6) is 0 Å². The van der Waals surface area contributed by atoms with Gasteiger partial charge in [-0.25, -0.2) is 4.79 Å². The summed E-state index contributed by atoms with van der Waals surface area (Å²) in [6, 6.07) is 6.53. The Balaban J connectivity index is 2.28. The van der Waals surface area contributed by atoms with Gasteiger partial charge in [-0.15, -0.1) is 0 Å². The van der Waals surface area contributed by atoms with Crippen LogP contribution in [0.25, 0.3) is 0 Å². The van der Waals surface area contributed by atoms with E-state index in [4.69, 9.17) is 5.11 Å². The quantitative estimate of drug-likeness (QED) is 0.682. The normalized spacial score (nSPS) is 10.2. The number of rotatable bonds is 9. The zero-order valence-corrected chi connectivity index (χ0v) is 13.7.